The Morgan fingerprint density at radius 2 is 2.07 bits per heavy atom. The van der Waals surface area contributed by atoms with Crippen LogP contribution < -0.4 is 0 Å². The highest BCUT2D eigenvalue weighted by molar-refractivity contribution is 6.83. The van der Waals surface area contributed by atoms with E-state index in [0.29, 0.717) is 11.3 Å². The molecule has 0 aliphatic rings. The Morgan fingerprint density at radius 3 is 2.64 bits per heavy atom. The maximum atomic E-state index is 8.67. The molecule has 1 rings (SSSR count). The molecule has 0 spiro atoms. The molecule has 3 heteroatoms. The Morgan fingerprint density at radius 1 is 1.36 bits per heavy atom. The standard InChI is InChI=1S/C11H12N2Si/c1-14(2,3)7-5-11-8-10(9-12)4-6-13-11/h4,6,8H,1-3H3. The number of pyridine rings is 1. The van der Waals surface area contributed by atoms with Gasteiger partial charge in [0.15, 0.2) is 0 Å². The first kappa shape index (κ1) is 10.5. The van der Waals surface area contributed by atoms with Crippen LogP contribution in [-0.4, -0.2) is 13.1 Å². The Labute approximate surface area is 85.6 Å². The number of nitrogens with zero attached hydrogens (tertiary/aromatic N) is 2. The second-order valence-electron chi connectivity index (χ2n) is 4.04. The van der Waals surface area contributed by atoms with Crippen LogP contribution in [0.1, 0.15) is 11.3 Å². The number of aromatic nitrogens is 1. The van der Waals surface area contributed by atoms with Gasteiger partial charge in [-0.1, -0.05) is 25.6 Å². The highest BCUT2D eigenvalue weighted by atomic mass is 28.3. The normalized spacial score (nSPS) is 9.86. The molecule has 0 atom stereocenters. The van der Waals surface area contributed by atoms with E-state index in [4.69, 9.17) is 5.26 Å². The smallest absolute Gasteiger partial charge is 0.129 e. The molecule has 1 aromatic rings. The lowest BCUT2D eigenvalue weighted by Gasteiger charge is -2.02. The summed E-state index contributed by atoms with van der Waals surface area (Å²) in [6.45, 7) is 6.52. The summed E-state index contributed by atoms with van der Waals surface area (Å²) in [5.74, 6) is 3.01. The fourth-order valence-corrected chi connectivity index (χ4v) is 1.32. The van der Waals surface area contributed by atoms with Gasteiger partial charge in [-0.25, -0.2) is 4.98 Å². The molecule has 14 heavy (non-hydrogen) atoms. The molecule has 0 radical (unpaired) electrons. The fraction of sp³-hybridized carbons (Fsp3) is 0.273. The third-order valence-corrected chi connectivity index (χ3v) is 2.33. The molecule has 0 aliphatic heterocycles. The summed E-state index contributed by atoms with van der Waals surface area (Å²) in [6, 6.07) is 5.46. The summed E-state index contributed by atoms with van der Waals surface area (Å²) in [5, 5.41) is 8.67. The van der Waals surface area contributed by atoms with E-state index in [1.165, 1.54) is 0 Å². The molecule has 0 aliphatic carbocycles. The van der Waals surface area contributed by atoms with E-state index in [1.807, 2.05) is 0 Å². The minimum absolute atomic E-state index is 0.611. The summed E-state index contributed by atoms with van der Waals surface area (Å²) < 4.78 is 0. The van der Waals surface area contributed by atoms with E-state index in [1.54, 1.807) is 18.3 Å². The highest BCUT2D eigenvalue weighted by Crippen LogP contribution is 2.01. The Balaban J connectivity index is 2.98. The van der Waals surface area contributed by atoms with Crippen LogP contribution in [0, 0.1) is 22.8 Å². The van der Waals surface area contributed by atoms with Gasteiger partial charge in [0.05, 0.1) is 11.6 Å². The van der Waals surface area contributed by atoms with Crippen LogP contribution in [0.2, 0.25) is 19.6 Å². The van der Waals surface area contributed by atoms with Gasteiger partial charge in [-0.05, 0) is 12.1 Å². The van der Waals surface area contributed by atoms with Gasteiger partial charge >= 0.3 is 0 Å². The van der Waals surface area contributed by atoms with Gasteiger partial charge in [0.1, 0.15) is 13.8 Å². The van der Waals surface area contributed by atoms with Crippen molar-refractivity contribution < 1.29 is 0 Å². The number of rotatable bonds is 0. The van der Waals surface area contributed by atoms with Crippen molar-refractivity contribution in [2.75, 3.05) is 0 Å². The van der Waals surface area contributed by atoms with E-state index >= 15 is 0 Å². The van der Waals surface area contributed by atoms with Gasteiger partial charge in [-0.15, -0.1) is 5.54 Å². The lowest BCUT2D eigenvalue weighted by Crippen LogP contribution is -2.16. The topological polar surface area (TPSA) is 36.7 Å². The van der Waals surface area contributed by atoms with Crippen molar-refractivity contribution in [2.24, 2.45) is 0 Å². The molecule has 1 heterocycles. The van der Waals surface area contributed by atoms with E-state index in [-0.39, 0.29) is 0 Å². The van der Waals surface area contributed by atoms with Crippen LogP contribution in [-0.2, 0) is 0 Å². The number of hydrogen-bond acceptors (Lipinski definition) is 2. The number of nitriles is 1. The van der Waals surface area contributed by atoms with Gasteiger partial charge in [-0.2, -0.15) is 5.26 Å². The van der Waals surface area contributed by atoms with Crippen LogP contribution in [0.5, 0.6) is 0 Å². The zero-order valence-corrected chi connectivity index (χ0v) is 9.63. The van der Waals surface area contributed by atoms with Crippen molar-refractivity contribution in [1.29, 1.82) is 5.26 Å². The summed E-state index contributed by atoms with van der Waals surface area (Å²) in [5.41, 5.74) is 4.50. The van der Waals surface area contributed by atoms with Crippen LogP contribution in [0.4, 0.5) is 0 Å². The molecule has 0 saturated carbocycles. The van der Waals surface area contributed by atoms with Crippen molar-refractivity contribution in [3.63, 3.8) is 0 Å². The average molecular weight is 200 g/mol. The summed E-state index contributed by atoms with van der Waals surface area (Å²) in [6.07, 6.45) is 1.62. The first-order chi connectivity index (χ1) is 6.51. The second-order valence-corrected chi connectivity index (χ2v) is 8.79. The van der Waals surface area contributed by atoms with Crippen LogP contribution in [0.15, 0.2) is 18.3 Å². The molecule has 0 fully saturated rings. The quantitative estimate of drug-likeness (QED) is 0.475. The largest absolute Gasteiger partial charge is 0.248 e. The summed E-state index contributed by atoms with van der Waals surface area (Å²) in [7, 11) is -1.35. The molecular formula is C11H12N2Si. The zero-order chi connectivity index (χ0) is 10.6. The monoisotopic (exact) mass is 200 g/mol. The summed E-state index contributed by atoms with van der Waals surface area (Å²) >= 11 is 0. The minimum atomic E-state index is -1.35. The van der Waals surface area contributed by atoms with Crippen molar-refractivity contribution in [1.82, 2.24) is 4.98 Å². The predicted molar refractivity (Wildman–Crippen MR) is 59.2 cm³/mol. The van der Waals surface area contributed by atoms with Gasteiger partial charge in [0.25, 0.3) is 0 Å². The maximum Gasteiger partial charge on any atom is 0.129 e. The molecule has 0 N–H and O–H groups in total. The zero-order valence-electron chi connectivity index (χ0n) is 8.63. The molecule has 70 valence electrons. The lowest BCUT2D eigenvalue weighted by atomic mass is 10.2. The third kappa shape index (κ3) is 3.43. The first-order valence-corrected chi connectivity index (χ1v) is 7.90. The van der Waals surface area contributed by atoms with Crippen LogP contribution in [0.25, 0.3) is 0 Å². The van der Waals surface area contributed by atoms with Crippen LogP contribution >= 0.6 is 0 Å². The third-order valence-electron chi connectivity index (χ3n) is 1.45. The minimum Gasteiger partial charge on any atom is -0.248 e. The summed E-state index contributed by atoms with van der Waals surface area (Å²) in [4.78, 5) is 4.09. The van der Waals surface area contributed by atoms with Crippen molar-refractivity contribution in [3.05, 3.63) is 29.6 Å². The Kier molecular flexibility index (Phi) is 3.06. The molecule has 0 unspecified atom stereocenters. The Bertz CT molecular complexity index is 427. The molecule has 2 nitrogen and oxygen atoms in total. The molecule has 0 saturated heterocycles. The Hall–Kier alpha value is -1.58. The highest BCUT2D eigenvalue weighted by Gasteiger charge is 2.07. The molecule has 0 bridgehead atoms. The van der Waals surface area contributed by atoms with Gasteiger partial charge in [0, 0.05) is 6.20 Å². The maximum absolute atomic E-state index is 8.67. The van der Waals surface area contributed by atoms with Crippen molar-refractivity contribution in [2.45, 2.75) is 19.6 Å². The average Bonchev–Trinajstić information content (AvgIpc) is 2.14. The van der Waals surface area contributed by atoms with Crippen molar-refractivity contribution >= 4 is 8.07 Å². The second kappa shape index (κ2) is 4.08. The lowest BCUT2D eigenvalue weighted by molar-refractivity contribution is 1.27. The van der Waals surface area contributed by atoms with Gasteiger partial charge < -0.3 is 0 Å². The van der Waals surface area contributed by atoms with Gasteiger partial charge in [0.2, 0.25) is 0 Å². The molecular weight excluding hydrogens is 188 g/mol. The molecule has 1 aromatic heterocycles. The van der Waals surface area contributed by atoms with E-state index in [9.17, 15) is 0 Å². The SMILES string of the molecule is C[Si](C)(C)C#Cc1cc(C#N)ccn1. The predicted octanol–water partition coefficient (Wildman–Crippen LogP) is 2.18. The fourth-order valence-electron chi connectivity index (χ4n) is 0.820. The van der Waals surface area contributed by atoms with Crippen molar-refractivity contribution in [3.8, 4) is 17.5 Å². The van der Waals surface area contributed by atoms with Crippen LogP contribution in [0.3, 0.4) is 0 Å². The van der Waals surface area contributed by atoms with E-state index in [2.05, 4.69) is 42.2 Å². The van der Waals surface area contributed by atoms with E-state index < -0.39 is 8.07 Å². The van der Waals surface area contributed by atoms with E-state index in [0.717, 1.165) is 0 Å². The first-order valence-electron chi connectivity index (χ1n) is 4.40. The number of hydrogen-bond donors (Lipinski definition) is 0. The molecule has 0 amide bonds. The molecule has 0 aromatic carbocycles. The van der Waals surface area contributed by atoms with Gasteiger partial charge in [-0.3, -0.25) is 0 Å².